The van der Waals surface area contributed by atoms with Crippen molar-refractivity contribution in [1.82, 2.24) is 5.32 Å². The van der Waals surface area contributed by atoms with E-state index < -0.39 is 0 Å². The van der Waals surface area contributed by atoms with E-state index in [2.05, 4.69) is 25.4 Å². The molecule has 0 aliphatic heterocycles. The van der Waals surface area contributed by atoms with E-state index in [1.54, 1.807) is 18.2 Å². The Kier molecular flexibility index (Phi) is 10.5. The maximum absolute atomic E-state index is 13.3. The maximum atomic E-state index is 13.3. The van der Waals surface area contributed by atoms with Gasteiger partial charge in [-0.05, 0) is 62.3 Å². The molecule has 0 aliphatic rings. The third kappa shape index (κ3) is 6.84. The molecule has 0 aromatic heterocycles. The lowest BCUT2D eigenvalue weighted by Gasteiger charge is -2.20. The number of rotatable bonds is 11. The minimum absolute atomic E-state index is 0.0479. The first-order valence-electron chi connectivity index (χ1n) is 10.6. The molecule has 0 spiro atoms. The van der Waals surface area contributed by atoms with Gasteiger partial charge in [-0.15, -0.1) is 0 Å². The van der Waals surface area contributed by atoms with Crippen molar-refractivity contribution in [3.63, 3.8) is 0 Å². The first-order valence-corrected chi connectivity index (χ1v) is 10.6. The Morgan fingerprint density at radius 1 is 1.20 bits per heavy atom. The molecule has 1 amide bonds. The highest BCUT2D eigenvalue weighted by Crippen LogP contribution is 2.30. The Balaban J connectivity index is 3.35. The van der Waals surface area contributed by atoms with Gasteiger partial charge in [-0.2, -0.15) is 0 Å². The highest BCUT2D eigenvalue weighted by Gasteiger charge is 2.22. The largest absolute Gasteiger partial charge is 0.326 e. The van der Waals surface area contributed by atoms with Crippen molar-refractivity contribution >= 4 is 11.7 Å². The standard InChI is InChI=1S/C27H35NO2/c1-8-13-22(14-9-2)27(30)24-17-20(10-3)15-16-23(24)21(11-4)18-26(29)28-25(12-5)19(6)7/h8-9,12-17,21H,1,6,10-11,18H2,2-5,7H3,(H,28,29)/b14-9-,22-13+,25-12+. The van der Waals surface area contributed by atoms with Crippen molar-refractivity contribution in [3.05, 3.63) is 95.3 Å². The highest BCUT2D eigenvalue weighted by atomic mass is 16.1. The SMILES string of the molecule is C=C/C=C(\C=C/C)C(=O)c1cc(CC)ccc1C(CC)CC(=O)N/C(=C/C)C(=C)C. The van der Waals surface area contributed by atoms with Gasteiger partial charge in [-0.25, -0.2) is 0 Å². The van der Waals surface area contributed by atoms with Crippen LogP contribution in [0.4, 0.5) is 0 Å². The smallest absolute Gasteiger partial charge is 0.224 e. The molecular formula is C27H35NO2. The van der Waals surface area contributed by atoms with Crippen LogP contribution in [0.25, 0.3) is 0 Å². The van der Waals surface area contributed by atoms with E-state index in [1.165, 1.54) is 0 Å². The first-order chi connectivity index (χ1) is 14.3. The molecule has 1 aromatic carbocycles. The zero-order valence-corrected chi connectivity index (χ0v) is 19.0. The summed E-state index contributed by atoms with van der Waals surface area (Å²) in [5, 5.41) is 2.94. The van der Waals surface area contributed by atoms with Crippen LogP contribution in [0.1, 0.15) is 74.9 Å². The lowest BCUT2D eigenvalue weighted by Crippen LogP contribution is -2.25. The van der Waals surface area contributed by atoms with Gasteiger partial charge in [0.15, 0.2) is 5.78 Å². The number of Topliss-reactive ketones (excluding diaryl/α,β-unsaturated/α-hetero) is 1. The molecule has 1 N–H and O–H groups in total. The first kappa shape index (κ1) is 25.1. The Labute approximate surface area is 182 Å². The lowest BCUT2D eigenvalue weighted by atomic mass is 9.85. The summed E-state index contributed by atoms with van der Waals surface area (Å²) in [6.07, 6.45) is 10.7. The summed E-state index contributed by atoms with van der Waals surface area (Å²) in [6.45, 7) is 17.4. The van der Waals surface area contributed by atoms with Gasteiger partial charge in [0.25, 0.3) is 0 Å². The van der Waals surface area contributed by atoms with Crippen LogP contribution in [0, 0.1) is 0 Å². The molecule has 0 saturated heterocycles. The number of hydrogen-bond donors (Lipinski definition) is 1. The molecule has 0 fully saturated rings. The van der Waals surface area contributed by atoms with Crippen LogP contribution in [-0.2, 0) is 11.2 Å². The Bertz CT molecular complexity index is 884. The third-order valence-electron chi connectivity index (χ3n) is 5.06. The van der Waals surface area contributed by atoms with Gasteiger partial charge in [0.1, 0.15) is 0 Å². The fraction of sp³-hybridized carbons (Fsp3) is 0.333. The zero-order valence-electron chi connectivity index (χ0n) is 19.0. The Hall–Kier alpha value is -2.94. The van der Waals surface area contributed by atoms with E-state index in [0.29, 0.717) is 17.6 Å². The number of allylic oxidation sites excluding steroid dienone is 7. The Morgan fingerprint density at radius 2 is 1.90 bits per heavy atom. The normalized spacial score (nSPS) is 13.2. The third-order valence-corrected chi connectivity index (χ3v) is 5.06. The van der Waals surface area contributed by atoms with Crippen LogP contribution >= 0.6 is 0 Å². The predicted octanol–water partition coefficient (Wildman–Crippen LogP) is 6.60. The van der Waals surface area contributed by atoms with Crippen molar-refractivity contribution in [2.45, 2.75) is 59.8 Å². The van der Waals surface area contributed by atoms with Gasteiger partial charge in [0.2, 0.25) is 5.91 Å². The van der Waals surface area contributed by atoms with E-state index in [1.807, 2.05) is 58.0 Å². The second-order valence-electron chi connectivity index (χ2n) is 7.30. The molecule has 1 aromatic rings. The second-order valence-corrected chi connectivity index (χ2v) is 7.30. The maximum Gasteiger partial charge on any atom is 0.224 e. The van der Waals surface area contributed by atoms with Gasteiger partial charge in [0.05, 0.1) is 0 Å². The number of carbonyl (C=O) groups excluding carboxylic acids is 2. The van der Waals surface area contributed by atoms with Crippen LogP contribution in [0.5, 0.6) is 0 Å². The number of carbonyl (C=O) groups is 2. The molecular weight excluding hydrogens is 370 g/mol. The van der Waals surface area contributed by atoms with Crippen LogP contribution in [0.15, 0.2) is 78.6 Å². The van der Waals surface area contributed by atoms with Crippen molar-refractivity contribution in [1.29, 1.82) is 0 Å². The number of aryl methyl sites for hydroxylation is 1. The van der Waals surface area contributed by atoms with Crippen molar-refractivity contribution < 1.29 is 9.59 Å². The summed E-state index contributed by atoms with van der Waals surface area (Å²) < 4.78 is 0. The molecule has 0 saturated carbocycles. The highest BCUT2D eigenvalue weighted by molar-refractivity contribution is 6.11. The average molecular weight is 406 g/mol. The fourth-order valence-corrected chi connectivity index (χ4v) is 3.37. The molecule has 1 rings (SSSR count). The van der Waals surface area contributed by atoms with E-state index >= 15 is 0 Å². The molecule has 1 atom stereocenters. The van der Waals surface area contributed by atoms with Crippen molar-refractivity contribution in [2.24, 2.45) is 0 Å². The average Bonchev–Trinajstić information content (AvgIpc) is 2.74. The van der Waals surface area contributed by atoms with Crippen molar-refractivity contribution in [2.75, 3.05) is 0 Å². The van der Waals surface area contributed by atoms with Crippen LogP contribution in [-0.4, -0.2) is 11.7 Å². The van der Waals surface area contributed by atoms with Crippen LogP contribution in [0.2, 0.25) is 0 Å². The van der Waals surface area contributed by atoms with Crippen molar-refractivity contribution in [3.8, 4) is 0 Å². The second kappa shape index (κ2) is 12.6. The molecule has 0 radical (unpaired) electrons. The fourth-order valence-electron chi connectivity index (χ4n) is 3.37. The van der Waals surface area contributed by atoms with E-state index in [0.717, 1.165) is 35.2 Å². The number of hydrogen-bond acceptors (Lipinski definition) is 2. The molecule has 0 bridgehead atoms. The molecule has 0 heterocycles. The minimum Gasteiger partial charge on any atom is -0.326 e. The van der Waals surface area contributed by atoms with E-state index in [4.69, 9.17) is 0 Å². The molecule has 30 heavy (non-hydrogen) atoms. The van der Waals surface area contributed by atoms with E-state index in [-0.39, 0.29) is 17.6 Å². The summed E-state index contributed by atoms with van der Waals surface area (Å²) in [5.74, 6) is -0.187. The van der Waals surface area contributed by atoms with Gasteiger partial charge in [0, 0.05) is 23.3 Å². The minimum atomic E-state index is -0.0776. The van der Waals surface area contributed by atoms with Gasteiger partial charge < -0.3 is 5.32 Å². The molecule has 3 nitrogen and oxygen atoms in total. The monoisotopic (exact) mass is 405 g/mol. The number of ketones is 1. The summed E-state index contributed by atoms with van der Waals surface area (Å²) >= 11 is 0. The zero-order chi connectivity index (χ0) is 22.7. The van der Waals surface area contributed by atoms with Gasteiger partial charge in [-0.3, -0.25) is 9.59 Å². The molecule has 1 unspecified atom stereocenters. The number of amides is 1. The van der Waals surface area contributed by atoms with Crippen LogP contribution < -0.4 is 5.32 Å². The summed E-state index contributed by atoms with van der Waals surface area (Å²) in [5.41, 5.74) is 4.79. The topological polar surface area (TPSA) is 46.2 Å². The van der Waals surface area contributed by atoms with Gasteiger partial charge >= 0.3 is 0 Å². The van der Waals surface area contributed by atoms with Crippen LogP contribution in [0.3, 0.4) is 0 Å². The Morgan fingerprint density at radius 3 is 2.40 bits per heavy atom. The molecule has 0 aliphatic carbocycles. The summed E-state index contributed by atoms with van der Waals surface area (Å²) in [6, 6.07) is 6.01. The quantitative estimate of drug-likeness (QED) is 0.256. The number of benzene rings is 1. The van der Waals surface area contributed by atoms with E-state index in [9.17, 15) is 9.59 Å². The molecule has 3 heteroatoms. The summed E-state index contributed by atoms with van der Waals surface area (Å²) in [7, 11) is 0. The summed E-state index contributed by atoms with van der Waals surface area (Å²) in [4.78, 5) is 26.0. The lowest BCUT2D eigenvalue weighted by molar-refractivity contribution is -0.120. The predicted molar refractivity (Wildman–Crippen MR) is 128 cm³/mol. The van der Waals surface area contributed by atoms with Gasteiger partial charge in [-0.1, -0.05) is 69.5 Å². The molecule has 160 valence electrons. The number of nitrogens with one attached hydrogen (secondary N) is 1.